The Morgan fingerprint density at radius 1 is 1.42 bits per heavy atom. The average molecular weight is 284 g/mol. The summed E-state index contributed by atoms with van der Waals surface area (Å²) in [5.74, 6) is 1.58. The van der Waals surface area contributed by atoms with Gasteiger partial charge in [0.05, 0.1) is 13.7 Å². The van der Waals surface area contributed by atoms with Crippen molar-refractivity contribution in [3.05, 3.63) is 28.8 Å². The van der Waals surface area contributed by atoms with E-state index >= 15 is 0 Å². The number of methoxy groups -OCH3 is 2. The van der Waals surface area contributed by atoms with E-state index in [1.165, 1.54) is 12.0 Å². The highest BCUT2D eigenvalue weighted by atomic mass is 35.5. The predicted octanol–water partition coefficient (Wildman–Crippen LogP) is 2.86. The molecule has 4 heteroatoms. The second-order valence-electron chi connectivity index (χ2n) is 5.28. The summed E-state index contributed by atoms with van der Waals surface area (Å²) in [6, 6.07) is 5.88. The first-order valence-corrected chi connectivity index (χ1v) is 7.05. The Morgan fingerprint density at radius 2 is 2.16 bits per heavy atom. The topological polar surface area (TPSA) is 30.5 Å². The minimum absolute atomic E-state index is 0.157. The summed E-state index contributed by atoms with van der Waals surface area (Å²) in [5, 5.41) is 4.23. The summed E-state index contributed by atoms with van der Waals surface area (Å²) in [5.41, 5.74) is 1.38. The molecule has 0 aromatic heterocycles. The number of hydrogen-bond donors (Lipinski definition) is 1. The zero-order chi connectivity index (χ0) is 13.9. The molecule has 106 valence electrons. The smallest absolute Gasteiger partial charge is 0.122 e. The molecule has 1 N–H and O–H groups in total. The molecule has 0 radical (unpaired) electrons. The molecule has 19 heavy (non-hydrogen) atoms. The second-order valence-corrected chi connectivity index (χ2v) is 5.71. The van der Waals surface area contributed by atoms with E-state index in [2.05, 4.69) is 12.2 Å². The van der Waals surface area contributed by atoms with Crippen LogP contribution in [0.2, 0.25) is 5.02 Å². The number of hydrogen-bond acceptors (Lipinski definition) is 3. The van der Waals surface area contributed by atoms with Crippen LogP contribution >= 0.6 is 11.6 Å². The molecule has 0 bridgehead atoms. The summed E-state index contributed by atoms with van der Waals surface area (Å²) < 4.78 is 10.6. The average Bonchev–Trinajstić information content (AvgIpc) is 3.06. The Bertz CT molecular complexity index is 438. The van der Waals surface area contributed by atoms with Crippen LogP contribution in [0.4, 0.5) is 0 Å². The third kappa shape index (κ3) is 3.04. The Balaban J connectivity index is 2.15. The van der Waals surface area contributed by atoms with Crippen LogP contribution in [-0.2, 0) is 10.2 Å². The molecule has 0 heterocycles. The van der Waals surface area contributed by atoms with Gasteiger partial charge < -0.3 is 14.8 Å². The van der Waals surface area contributed by atoms with E-state index in [0.29, 0.717) is 5.92 Å². The number of halogens is 1. The van der Waals surface area contributed by atoms with Crippen LogP contribution in [0.3, 0.4) is 0 Å². The van der Waals surface area contributed by atoms with Gasteiger partial charge in [-0.25, -0.2) is 0 Å². The SMILES string of the molecule is COCCNCC1(c2cc(Cl)ccc2OC)CC1C. The van der Waals surface area contributed by atoms with Crippen LogP contribution in [0.1, 0.15) is 18.9 Å². The molecule has 0 saturated heterocycles. The summed E-state index contributed by atoms with van der Waals surface area (Å²) >= 11 is 6.14. The van der Waals surface area contributed by atoms with Gasteiger partial charge in [0.25, 0.3) is 0 Å². The lowest BCUT2D eigenvalue weighted by atomic mass is 9.92. The van der Waals surface area contributed by atoms with E-state index in [1.807, 2.05) is 18.2 Å². The standard InChI is InChI=1S/C15H22ClNO2/c1-11-9-15(11,10-17-6-7-18-2)13-8-12(16)4-5-14(13)19-3/h4-5,8,11,17H,6-7,9-10H2,1-3H3. The molecular formula is C15H22ClNO2. The molecule has 2 rings (SSSR count). The number of nitrogens with one attached hydrogen (secondary N) is 1. The zero-order valence-corrected chi connectivity index (χ0v) is 12.6. The van der Waals surface area contributed by atoms with Gasteiger partial charge >= 0.3 is 0 Å². The highest BCUT2D eigenvalue weighted by Gasteiger charge is 2.53. The minimum atomic E-state index is 0.157. The normalized spacial score (nSPS) is 25.4. The lowest BCUT2D eigenvalue weighted by Crippen LogP contribution is -2.31. The molecule has 1 aliphatic carbocycles. The molecule has 1 saturated carbocycles. The summed E-state index contributed by atoms with van der Waals surface area (Å²) in [7, 11) is 3.43. The highest BCUT2D eigenvalue weighted by molar-refractivity contribution is 6.30. The molecule has 0 amide bonds. The fraction of sp³-hybridized carbons (Fsp3) is 0.600. The Hall–Kier alpha value is -0.770. The van der Waals surface area contributed by atoms with E-state index in [4.69, 9.17) is 21.1 Å². The van der Waals surface area contributed by atoms with Crippen molar-refractivity contribution >= 4 is 11.6 Å². The van der Waals surface area contributed by atoms with Crippen LogP contribution in [0.25, 0.3) is 0 Å². The molecule has 1 aromatic rings. The summed E-state index contributed by atoms with van der Waals surface area (Å²) in [6.45, 7) is 4.82. The van der Waals surface area contributed by atoms with E-state index in [9.17, 15) is 0 Å². The highest BCUT2D eigenvalue weighted by Crippen LogP contribution is 2.56. The fourth-order valence-corrected chi connectivity index (χ4v) is 2.93. The first kappa shape index (κ1) is 14.6. The molecule has 3 nitrogen and oxygen atoms in total. The largest absolute Gasteiger partial charge is 0.496 e. The van der Waals surface area contributed by atoms with Crippen molar-refractivity contribution in [1.29, 1.82) is 0 Å². The molecule has 1 fully saturated rings. The van der Waals surface area contributed by atoms with Crippen molar-refractivity contribution in [2.75, 3.05) is 33.9 Å². The summed E-state index contributed by atoms with van der Waals surface area (Å²) in [4.78, 5) is 0. The minimum Gasteiger partial charge on any atom is -0.496 e. The van der Waals surface area contributed by atoms with Gasteiger partial charge in [-0.3, -0.25) is 0 Å². The summed E-state index contributed by atoms with van der Waals surface area (Å²) in [6.07, 6.45) is 1.17. The third-order valence-corrected chi connectivity index (χ3v) is 4.31. The maximum Gasteiger partial charge on any atom is 0.122 e. The van der Waals surface area contributed by atoms with Crippen molar-refractivity contribution in [3.63, 3.8) is 0 Å². The van der Waals surface area contributed by atoms with Gasteiger partial charge in [0.1, 0.15) is 5.75 Å². The molecule has 1 aromatic carbocycles. The van der Waals surface area contributed by atoms with E-state index in [-0.39, 0.29) is 5.41 Å². The van der Waals surface area contributed by atoms with Crippen LogP contribution in [0.5, 0.6) is 5.75 Å². The van der Waals surface area contributed by atoms with Gasteiger partial charge in [-0.1, -0.05) is 18.5 Å². The van der Waals surface area contributed by atoms with Crippen LogP contribution in [0.15, 0.2) is 18.2 Å². The molecule has 2 unspecified atom stereocenters. The van der Waals surface area contributed by atoms with Crippen molar-refractivity contribution in [2.24, 2.45) is 5.92 Å². The second kappa shape index (κ2) is 6.12. The quantitative estimate of drug-likeness (QED) is 0.781. The van der Waals surface area contributed by atoms with Gasteiger partial charge in [0, 0.05) is 36.2 Å². The lowest BCUT2D eigenvalue weighted by Gasteiger charge is -2.21. The van der Waals surface area contributed by atoms with Crippen molar-refractivity contribution < 1.29 is 9.47 Å². The Morgan fingerprint density at radius 3 is 2.74 bits per heavy atom. The van der Waals surface area contributed by atoms with Gasteiger partial charge in [0.15, 0.2) is 0 Å². The Labute approximate surface area is 120 Å². The first-order valence-electron chi connectivity index (χ1n) is 6.67. The molecule has 2 atom stereocenters. The molecule has 0 spiro atoms. The predicted molar refractivity (Wildman–Crippen MR) is 78.2 cm³/mol. The third-order valence-electron chi connectivity index (χ3n) is 4.07. The number of ether oxygens (including phenoxy) is 2. The number of rotatable bonds is 7. The first-order chi connectivity index (χ1) is 9.14. The van der Waals surface area contributed by atoms with Crippen LogP contribution in [0, 0.1) is 5.92 Å². The van der Waals surface area contributed by atoms with Crippen LogP contribution in [-0.4, -0.2) is 33.9 Å². The van der Waals surface area contributed by atoms with Gasteiger partial charge in [-0.2, -0.15) is 0 Å². The maximum absolute atomic E-state index is 6.14. The molecule has 0 aliphatic heterocycles. The van der Waals surface area contributed by atoms with E-state index in [1.54, 1.807) is 14.2 Å². The van der Waals surface area contributed by atoms with Gasteiger partial charge in [0.2, 0.25) is 0 Å². The van der Waals surface area contributed by atoms with Crippen molar-refractivity contribution in [1.82, 2.24) is 5.32 Å². The Kier molecular flexibility index (Phi) is 4.71. The monoisotopic (exact) mass is 283 g/mol. The van der Waals surface area contributed by atoms with E-state index < -0.39 is 0 Å². The van der Waals surface area contributed by atoms with Gasteiger partial charge in [-0.05, 0) is 30.5 Å². The van der Waals surface area contributed by atoms with Crippen molar-refractivity contribution in [3.8, 4) is 5.75 Å². The van der Waals surface area contributed by atoms with E-state index in [0.717, 1.165) is 30.5 Å². The number of benzene rings is 1. The maximum atomic E-state index is 6.14. The molecule has 1 aliphatic rings. The van der Waals surface area contributed by atoms with Crippen molar-refractivity contribution in [2.45, 2.75) is 18.8 Å². The van der Waals surface area contributed by atoms with Gasteiger partial charge in [-0.15, -0.1) is 0 Å². The van der Waals surface area contributed by atoms with Crippen LogP contribution < -0.4 is 10.1 Å². The fourth-order valence-electron chi connectivity index (χ4n) is 2.76. The lowest BCUT2D eigenvalue weighted by molar-refractivity contribution is 0.198. The molecular weight excluding hydrogens is 262 g/mol. The zero-order valence-electron chi connectivity index (χ0n) is 11.8.